The zero-order valence-electron chi connectivity index (χ0n) is 74.1. The van der Waals surface area contributed by atoms with E-state index in [1.54, 1.807) is 13.8 Å². The van der Waals surface area contributed by atoms with Gasteiger partial charge in [0, 0.05) is 58.2 Å². The lowest BCUT2D eigenvalue weighted by molar-refractivity contribution is -0.195. The van der Waals surface area contributed by atoms with Crippen LogP contribution in [0.25, 0.3) is 0 Å². The maximum atomic E-state index is 12.7. The van der Waals surface area contributed by atoms with Crippen LogP contribution in [0, 0.1) is 115 Å². The van der Waals surface area contributed by atoms with Gasteiger partial charge in [0.25, 0.3) is 0 Å². The first-order valence-electron chi connectivity index (χ1n) is 43.8. The van der Waals surface area contributed by atoms with Crippen molar-refractivity contribution in [1.82, 2.24) is 0 Å². The third kappa shape index (κ3) is 23.3. The van der Waals surface area contributed by atoms with Crippen LogP contribution in [0.4, 0.5) is 0 Å². The summed E-state index contributed by atoms with van der Waals surface area (Å²) in [4.78, 5) is 180. The number of rotatable bonds is 29. The van der Waals surface area contributed by atoms with Gasteiger partial charge in [-0.05, 0) is 193 Å². The minimum absolute atomic E-state index is 0. The second kappa shape index (κ2) is 44.5. The predicted octanol–water partition coefficient (Wildman–Crippen LogP) is 17.6. The van der Waals surface area contributed by atoms with E-state index in [0.717, 1.165) is 57.8 Å². The lowest BCUT2D eigenvalue weighted by Crippen LogP contribution is -2.48. The monoisotopic (exact) mass is 1850 g/mol. The largest absolute Gasteiger partial charge is 0.465 e. The topological polar surface area (TPSA) is 394 Å². The third-order valence-electron chi connectivity index (χ3n) is 30.6. The number of hydrogen-bond donors (Lipinski definition) is 0. The summed E-state index contributed by atoms with van der Waals surface area (Å²) in [6.45, 7) is 38.6. The fourth-order valence-corrected chi connectivity index (χ4v) is 20.9. The number of ether oxygens (including phenoxy) is 15. The molecule has 5 saturated heterocycles. The standard InChI is InChI=1S/C19H28O6.3C18H26O6.C17H24O6.10CH4/c1-7-17(2,3)15(21)25-18(4,5)16(22)24-13-12-10-8-19(13,6)9-11(10)14(20)23-12;1-5-17(2,3)16(21)22-7-6-12(19)23-14-13-10-8-18(14,4)9-11(10)15(20)24-13;1-5-17(2,3)16(21)22-7-6-13(19)24-18(4)10-8-11-12(9-10)15(20)23-14(11)18;1-5-17(2,3)16(21)22-7-6-13(19)23-14-10-8-11-12(9-10)18(14,4)24-15(11)20;1-4-17(2,3)16(20)21-6-5-12(18)22-13-9-7-10-11(8-9)15(19)23-14(10)13;;;;;;;;;;/h10-13H,7-9H2,1-6H3;10-11,13-14H,5-9H2,1-4H3;2*10-12,14H,5-9H2,1-4H3;9-11,13-14H,4-8H2,1-3H3;10*1H4. The molecule has 5 aliphatic heterocycles. The number of carbonyl (C=O) groups excluding carboxylic acids is 15. The fraction of sp³-hybridized carbons (Fsp3) is 0.850. The van der Waals surface area contributed by atoms with Gasteiger partial charge in [0.15, 0.2) is 0 Å². The summed E-state index contributed by atoms with van der Waals surface area (Å²) in [6, 6.07) is 0. The first-order chi connectivity index (χ1) is 55.8. The average molecular weight is 1850 g/mol. The van der Waals surface area contributed by atoms with E-state index in [0.29, 0.717) is 38.5 Å². The number of hydrogen-bond acceptors (Lipinski definition) is 30. The van der Waals surface area contributed by atoms with Gasteiger partial charge in [-0.1, -0.05) is 123 Å². The molecule has 25 atom stereocenters. The zero-order valence-corrected chi connectivity index (χ0v) is 74.1. The Bertz CT molecular complexity index is 3970. The van der Waals surface area contributed by atoms with Gasteiger partial charge >= 0.3 is 89.5 Å². The van der Waals surface area contributed by atoms with Crippen LogP contribution < -0.4 is 0 Å². The Morgan fingerprint density at radius 2 is 0.708 bits per heavy atom. The third-order valence-corrected chi connectivity index (χ3v) is 30.6. The van der Waals surface area contributed by atoms with Crippen LogP contribution in [0.2, 0.25) is 0 Å². The van der Waals surface area contributed by atoms with Crippen molar-refractivity contribution in [2.75, 3.05) is 26.4 Å². The highest BCUT2D eigenvalue weighted by molar-refractivity contribution is 5.86. The highest BCUT2D eigenvalue weighted by Crippen LogP contribution is 2.66. The van der Waals surface area contributed by atoms with E-state index in [-0.39, 0.29) is 311 Å². The van der Waals surface area contributed by atoms with Crippen LogP contribution in [0.1, 0.15) is 342 Å². The molecule has 0 aromatic heterocycles. The highest BCUT2D eigenvalue weighted by atomic mass is 16.7. The van der Waals surface area contributed by atoms with Gasteiger partial charge in [0.1, 0.15) is 86.5 Å². The molecule has 5 heterocycles. The van der Waals surface area contributed by atoms with Gasteiger partial charge in [-0.15, -0.1) is 0 Å². The molecule has 0 amide bonds. The van der Waals surface area contributed by atoms with Crippen LogP contribution >= 0.6 is 0 Å². The van der Waals surface area contributed by atoms with Gasteiger partial charge in [-0.25, -0.2) is 4.79 Å². The molecule has 15 fully saturated rings. The van der Waals surface area contributed by atoms with E-state index in [2.05, 4.69) is 6.92 Å². The van der Waals surface area contributed by atoms with E-state index in [1.807, 2.05) is 111 Å². The van der Waals surface area contributed by atoms with Crippen molar-refractivity contribution < 1.29 is 143 Å². The Labute approximate surface area is 777 Å². The second-order valence-corrected chi connectivity index (χ2v) is 41.1. The molecular weight excluding hydrogens is 1680 g/mol. The molecule has 0 aromatic carbocycles. The summed E-state index contributed by atoms with van der Waals surface area (Å²) in [6.07, 6.45) is 8.63. The smallest absolute Gasteiger partial charge is 0.350 e. The van der Waals surface area contributed by atoms with Gasteiger partial charge in [0.2, 0.25) is 5.60 Å². The molecule has 750 valence electrons. The summed E-state index contributed by atoms with van der Waals surface area (Å²) >= 11 is 0. The van der Waals surface area contributed by atoms with Crippen LogP contribution in [0.3, 0.4) is 0 Å². The highest BCUT2D eigenvalue weighted by Gasteiger charge is 2.73. The molecule has 10 saturated carbocycles. The first kappa shape index (κ1) is 120. The summed E-state index contributed by atoms with van der Waals surface area (Å²) in [5.74, 6) is -3.25. The Morgan fingerprint density at radius 3 is 1.14 bits per heavy atom. The first-order valence-corrected chi connectivity index (χ1v) is 43.8. The van der Waals surface area contributed by atoms with Crippen molar-refractivity contribution in [2.24, 2.45) is 115 Å². The molecule has 0 spiro atoms. The summed E-state index contributed by atoms with van der Waals surface area (Å²) in [5.41, 5.74) is -6.07. The minimum Gasteiger partial charge on any atom is -0.465 e. The van der Waals surface area contributed by atoms with E-state index >= 15 is 0 Å². The molecule has 10 bridgehead atoms. The summed E-state index contributed by atoms with van der Waals surface area (Å²) in [5, 5.41) is 0. The SMILES string of the molecule is C.C.C.C.C.C.C.C.C.C.CCC(C)(C)C(=O)OC(C)(C)C(=O)OC1C2OC(=O)C3CC1(C)CC32.CCC(C)(C)C(=O)OCCC(=O)OC1(C)C2CC3C(=O)OC1C3C2.CCC(C)(C)C(=O)OCCC(=O)OC1C2CC3C(=O)OC1(C)C3C2.CCC(C)(C)C(=O)OCCC(=O)OC1C2CC3C(=O)OC1C3C2.CCC(C)(C)C(=O)OCCC(=O)OC1C2OC(=O)C3CC1(C)CC32. The molecule has 0 radical (unpaired) electrons. The second-order valence-electron chi connectivity index (χ2n) is 41.1. The Morgan fingerprint density at radius 1 is 0.346 bits per heavy atom. The summed E-state index contributed by atoms with van der Waals surface area (Å²) < 4.78 is 81.5. The van der Waals surface area contributed by atoms with Crippen molar-refractivity contribution >= 4 is 89.5 Å². The van der Waals surface area contributed by atoms with Crippen molar-refractivity contribution in [3.05, 3.63) is 0 Å². The predicted molar refractivity (Wildman–Crippen MR) is 486 cm³/mol. The average Bonchev–Trinajstić information content (AvgIpc) is 1.55. The number of esters is 15. The quantitative estimate of drug-likeness (QED) is 0.0496. The van der Waals surface area contributed by atoms with Crippen LogP contribution in [0.15, 0.2) is 0 Å². The van der Waals surface area contributed by atoms with Crippen molar-refractivity contribution in [3.63, 3.8) is 0 Å². The maximum absolute atomic E-state index is 12.7. The minimum atomic E-state index is -1.39. The van der Waals surface area contributed by atoms with Crippen molar-refractivity contribution in [3.8, 4) is 0 Å². The van der Waals surface area contributed by atoms with Gasteiger partial charge in [-0.3, -0.25) is 67.1 Å². The van der Waals surface area contributed by atoms with E-state index in [9.17, 15) is 71.9 Å². The van der Waals surface area contributed by atoms with Gasteiger partial charge < -0.3 is 71.1 Å². The maximum Gasteiger partial charge on any atom is 0.350 e. The molecule has 130 heavy (non-hydrogen) atoms. The molecule has 0 N–H and O–H groups in total. The fourth-order valence-electron chi connectivity index (χ4n) is 20.9. The molecule has 30 heteroatoms. The van der Waals surface area contributed by atoms with Crippen molar-refractivity contribution in [2.45, 2.75) is 407 Å². The molecule has 15 aliphatic rings. The van der Waals surface area contributed by atoms with E-state index in [4.69, 9.17) is 71.1 Å². The zero-order chi connectivity index (χ0) is 88.7. The Kier molecular flexibility index (Phi) is 41.1. The molecule has 10 aliphatic carbocycles. The molecule has 0 aromatic rings. The normalized spacial score (nSPS) is 33.3. The Balaban J connectivity index is 0.000000797. The lowest BCUT2D eigenvalue weighted by Gasteiger charge is -2.36. The van der Waals surface area contributed by atoms with E-state index < -0.39 is 85.8 Å². The molecule has 25 unspecified atom stereocenters. The molecular formula is C100H170O30. The van der Waals surface area contributed by atoms with Gasteiger partial charge in [0.05, 0.1) is 82.3 Å². The Hall–Kier alpha value is -7.95. The van der Waals surface area contributed by atoms with Crippen molar-refractivity contribution in [1.29, 1.82) is 0 Å². The number of fused-ring (bicyclic) bond motifs is 5. The van der Waals surface area contributed by atoms with Gasteiger partial charge in [-0.2, -0.15) is 0 Å². The molecule has 30 nitrogen and oxygen atoms in total. The van der Waals surface area contributed by atoms with Crippen LogP contribution in [-0.4, -0.2) is 182 Å². The van der Waals surface area contributed by atoms with Crippen LogP contribution in [-0.2, 0) is 143 Å². The molecule has 15 rings (SSSR count). The summed E-state index contributed by atoms with van der Waals surface area (Å²) in [7, 11) is 0. The lowest BCUT2D eigenvalue weighted by atomic mass is 9.79. The number of carbonyl (C=O) groups is 15. The van der Waals surface area contributed by atoms with E-state index in [1.165, 1.54) is 13.8 Å². The van der Waals surface area contributed by atoms with Crippen LogP contribution in [0.5, 0.6) is 0 Å².